The maximum atomic E-state index is 12.9. The number of rotatable bonds is 5. The lowest BCUT2D eigenvalue weighted by Gasteiger charge is -2.21. The third-order valence-corrected chi connectivity index (χ3v) is 2.58. The lowest BCUT2D eigenvalue weighted by Crippen LogP contribution is -2.30. The van der Waals surface area contributed by atoms with Gasteiger partial charge in [0.15, 0.2) is 0 Å². The van der Waals surface area contributed by atoms with Crippen molar-refractivity contribution in [1.82, 2.24) is 4.90 Å². The molecule has 0 saturated carbocycles. The summed E-state index contributed by atoms with van der Waals surface area (Å²) in [7, 11) is 0. The molecule has 0 fully saturated rings. The van der Waals surface area contributed by atoms with Crippen molar-refractivity contribution in [1.29, 1.82) is 0 Å². The quantitative estimate of drug-likeness (QED) is 0.842. The Kier molecular flexibility index (Phi) is 4.88. The van der Waals surface area contributed by atoms with Crippen LogP contribution in [-0.2, 0) is 17.5 Å². The van der Waals surface area contributed by atoms with Gasteiger partial charge in [-0.15, -0.1) is 0 Å². The van der Waals surface area contributed by atoms with E-state index in [0.717, 1.165) is 12.1 Å². The number of carboxylic acid groups (broad SMARTS) is 1. The predicted molar refractivity (Wildman–Crippen MR) is 60.0 cm³/mol. The molecule has 0 radical (unpaired) electrons. The van der Waals surface area contributed by atoms with Gasteiger partial charge in [-0.3, -0.25) is 9.69 Å². The van der Waals surface area contributed by atoms with Crippen LogP contribution in [0.25, 0.3) is 0 Å². The summed E-state index contributed by atoms with van der Waals surface area (Å²) in [4.78, 5) is 11.9. The number of likely N-dealkylation sites (N-methyl/N-ethyl adjacent to an activating group) is 1. The second-order valence-corrected chi connectivity index (χ2v) is 4.00. The Bertz CT molecular complexity index is 460. The molecule has 0 atom stereocenters. The molecule has 0 aromatic heterocycles. The van der Waals surface area contributed by atoms with Gasteiger partial charge in [-0.2, -0.15) is 13.2 Å². The number of aliphatic carboxylic acids is 1. The van der Waals surface area contributed by atoms with Crippen molar-refractivity contribution in [2.75, 3.05) is 13.1 Å². The van der Waals surface area contributed by atoms with Gasteiger partial charge in [0.05, 0.1) is 12.1 Å². The van der Waals surface area contributed by atoms with Gasteiger partial charge in [-0.05, 0) is 24.2 Å². The van der Waals surface area contributed by atoms with Gasteiger partial charge in [0, 0.05) is 6.54 Å². The molecular formula is C12H13F4NO2. The molecule has 0 amide bonds. The van der Waals surface area contributed by atoms with Gasteiger partial charge < -0.3 is 5.11 Å². The third kappa shape index (κ3) is 4.51. The van der Waals surface area contributed by atoms with Crippen molar-refractivity contribution in [3.8, 4) is 0 Å². The lowest BCUT2D eigenvalue weighted by atomic mass is 10.1. The van der Waals surface area contributed by atoms with E-state index in [0.29, 0.717) is 6.07 Å². The first-order valence-corrected chi connectivity index (χ1v) is 5.53. The van der Waals surface area contributed by atoms with E-state index in [-0.39, 0.29) is 25.2 Å². The third-order valence-electron chi connectivity index (χ3n) is 2.58. The topological polar surface area (TPSA) is 40.5 Å². The van der Waals surface area contributed by atoms with Crippen LogP contribution >= 0.6 is 0 Å². The van der Waals surface area contributed by atoms with Crippen molar-refractivity contribution >= 4 is 5.97 Å². The maximum absolute atomic E-state index is 12.9. The van der Waals surface area contributed by atoms with E-state index in [1.165, 1.54) is 4.90 Å². The van der Waals surface area contributed by atoms with Crippen molar-refractivity contribution in [2.24, 2.45) is 0 Å². The van der Waals surface area contributed by atoms with Gasteiger partial charge in [0.25, 0.3) is 0 Å². The van der Waals surface area contributed by atoms with Crippen molar-refractivity contribution in [3.05, 3.63) is 35.1 Å². The molecule has 1 rings (SSSR count). The number of nitrogens with zero attached hydrogens (tertiary/aromatic N) is 1. The Balaban J connectivity index is 3.03. The maximum Gasteiger partial charge on any atom is 0.416 e. The highest BCUT2D eigenvalue weighted by Gasteiger charge is 2.34. The summed E-state index contributed by atoms with van der Waals surface area (Å²) < 4.78 is 51.1. The van der Waals surface area contributed by atoms with Crippen molar-refractivity contribution in [3.63, 3.8) is 0 Å². The van der Waals surface area contributed by atoms with E-state index < -0.39 is 23.5 Å². The van der Waals surface area contributed by atoms with Gasteiger partial charge in [-0.25, -0.2) is 4.39 Å². The fraction of sp³-hybridized carbons (Fsp3) is 0.417. The Hall–Kier alpha value is -1.63. The Morgan fingerprint density at radius 3 is 2.47 bits per heavy atom. The van der Waals surface area contributed by atoms with Gasteiger partial charge in [0.2, 0.25) is 0 Å². The zero-order valence-electron chi connectivity index (χ0n) is 10.2. The Morgan fingerprint density at radius 2 is 2.00 bits per heavy atom. The smallest absolute Gasteiger partial charge is 0.416 e. The number of hydrogen-bond acceptors (Lipinski definition) is 2. The van der Waals surface area contributed by atoms with Gasteiger partial charge in [0.1, 0.15) is 5.82 Å². The van der Waals surface area contributed by atoms with Crippen LogP contribution in [0.2, 0.25) is 0 Å². The average molecular weight is 279 g/mol. The first-order valence-electron chi connectivity index (χ1n) is 5.53. The van der Waals surface area contributed by atoms with E-state index in [1.54, 1.807) is 6.92 Å². The van der Waals surface area contributed by atoms with Crippen LogP contribution < -0.4 is 0 Å². The van der Waals surface area contributed by atoms with Crippen LogP contribution in [0.5, 0.6) is 0 Å². The molecule has 0 heterocycles. The Morgan fingerprint density at radius 1 is 1.37 bits per heavy atom. The van der Waals surface area contributed by atoms with E-state index >= 15 is 0 Å². The highest BCUT2D eigenvalue weighted by molar-refractivity contribution is 5.69. The van der Waals surface area contributed by atoms with Crippen LogP contribution in [0.3, 0.4) is 0 Å². The molecule has 1 aromatic rings. The fourth-order valence-corrected chi connectivity index (χ4v) is 1.66. The molecule has 0 saturated heterocycles. The monoisotopic (exact) mass is 279 g/mol. The lowest BCUT2D eigenvalue weighted by molar-refractivity contribution is -0.139. The molecule has 0 aliphatic rings. The molecular weight excluding hydrogens is 266 g/mol. The number of carbonyl (C=O) groups is 1. The minimum atomic E-state index is -4.67. The normalized spacial score (nSPS) is 11.9. The average Bonchev–Trinajstić information content (AvgIpc) is 2.28. The van der Waals surface area contributed by atoms with Crippen molar-refractivity contribution < 1.29 is 27.5 Å². The Labute approximate surface area is 107 Å². The second kappa shape index (κ2) is 6.01. The molecule has 0 bridgehead atoms. The summed E-state index contributed by atoms with van der Waals surface area (Å²) in [6.07, 6.45) is -4.67. The molecule has 1 aromatic carbocycles. The molecule has 0 spiro atoms. The second-order valence-electron chi connectivity index (χ2n) is 4.00. The standard InChI is InChI=1S/C12H13F4NO2/c1-2-17(7-11(18)19)6-8-3-4-9(13)5-10(8)12(14,15)16/h3-5H,2,6-7H2,1H3,(H,18,19). The number of alkyl halides is 3. The highest BCUT2D eigenvalue weighted by Crippen LogP contribution is 2.33. The van der Waals surface area contributed by atoms with E-state index in [4.69, 9.17) is 5.11 Å². The van der Waals surface area contributed by atoms with E-state index in [1.807, 2.05) is 0 Å². The summed E-state index contributed by atoms with van der Waals surface area (Å²) in [6, 6.07) is 2.38. The fourth-order valence-electron chi connectivity index (χ4n) is 1.66. The van der Waals surface area contributed by atoms with Crippen LogP contribution in [0, 0.1) is 5.82 Å². The number of carboxylic acids is 1. The number of halogens is 4. The molecule has 19 heavy (non-hydrogen) atoms. The minimum Gasteiger partial charge on any atom is -0.480 e. The zero-order valence-corrected chi connectivity index (χ0v) is 10.2. The summed E-state index contributed by atoms with van der Waals surface area (Å²) in [5.74, 6) is -2.10. The summed E-state index contributed by atoms with van der Waals surface area (Å²) in [6.45, 7) is 1.35. The molecule has 0 aliphatic carbocycles. The van der Waals surface area contributed by atoms with Crippen LogP contribution in [0.1, 0.15) is 18.1 Å². The first-order chi connectivity index (χ1) is 8.74. The van der Waals surface area contributed by atoms with E-state index in [2.05, 4.69) is 0 Å². The van der Waals surface area contributed by atoms with Crippen LogP contribution in [0.15, 0.2) is 18.2 Å². The van der Waals surface area contributed by atoms with Crippen molar-refractivity contribution in [2.45, 2.75) is 19.6 Å². The highest BCUT2D eigenvalue weighted by atomic mass is 19.4. The van der Waals surface area contributed by atoms with Gasteiger partial charge >= 0.3 is 12.1 Å². The minimum absolute atomic E-state index is 0.142. The predicted octanol–water partition coefficient (Wildman–Crippen LogP) is 2.75. The first kappa shape index (κ1) is 15.4. The zero-order chi connectivity index (χ0) is 14.6. The molecule has 0 aliphatic heterocycles. The summed E-state index contributed by atoms with van der Waals surface area (Å²) in [5.41, 5.74) is -1.21. The van der Waals surface area contributed by atoms with Crippen LogP contribution in [-0.4, -0.2) is 29.1 Å². The molecule has 0 unspecified atom stereocenters. The van der Waals surface area contributed by atoms with E-state index in [9.17, 15) is 22.4 Å². The van der Waals surface area contributed by atoms with Gasteiger partial charge in [-0.1, -0.05) is 13.0 Å². The molecule has 3 nitrogen and oxygen atoms in total. The molecule has 106 valence electrons. The number of hydrogen-bond donors (Lipinski definition) is 1. The largest absolute Gasteiger partial charge is 0.480 e. The SMILES string of the molecule is CCN(CC(=O)O)Cc1ccc(F)cc1C(F)(F)F. The number of benzene rings is 1. The molecule has 1 N–H and O–H groups in total. The summed E-state index contributed by atoms with van der Waals surface area (Å²) >= 11 is 0. The van der Waals surface area contributed by atoms with Crippen LogP contribution in [0.4, 0.5) is 17.6 Å². The summed E-state index contributed by atoms with van der Waals surface area (Å²) in [5, 5.41) is 8.64. The molecule has 7 heteroatoms.